The summed E-state index contributed by atoms with van der Waals surface area (Å²) >= 11 is 0. The van der Waals surface area contributed by atoms with Gasteiger partial charge in [-0.1, -0.05) is 25.0 Å². The Morgan fingerprint density at radius 3 is 2.48 bits per heavy atom. The van der Waals surface area contributed by atoms with Crippen LogP contribution in [0.15, 0.2) is 36.0 Å². The number of rotatable bonds is 5. The monoisotopic (exact) mass is 313 g/mol. The molecule has 5 heteroatoms. The third kappa shape index (κ3) is 5.67. The molecule has 0 atom stereocenters. The van der Waals surface area contributed by atoms with Crippen molar-refractivity contribution in [3.8, 4) is 11.8 Å². The highest BCUT2D eigenvalue weighted by molar-refractivity contribution is 5.97. The summed E-state index contributed by atoms with van der Waals surface area (Å²) in [6.45, 7) is 2.28. The number of carbonyl (C=O) groups is 1. The molecule has 2 N–H and O–H groups in total. The third-order valence-electron chi connectivity index (χ3n) is 3.95. The molecule has 0 aromatic heterocycles. The topological polar surface area (TPSA) is 76.4 Å². The van der Waals surface area contributed by atoms with Gasteiger partial charge in [-0.3, -0.25) is 4.79 Å². The molecule has 122 valence electrons. The largest absolute Gasteiger partial charge is 0.508 e. The molecule has 1 fully saturated rings. The Balaban J connectivity index is 1.84. The summed E-state index contributed by atoms with van der Waals surface area (Å²) in [5.41, 5.74) is 1.19. The fraction of sp³-hybridized carbons (Fsp3) is 0.444. The zero-order chi connectivity index (χ0) is 16.5. The summed E-state index contributed by atoms with van der Waals surface area (Å²) in [6, 6.07) is 8.88. The Bertz CT molecular complexity index is 579. The third-order valence-corrected chi connectivity index (χ3v) is 3.95. The van der Waals surface area contributed by atoms with Gasteiger partial charge in [0.25, 0.3) is 5.91 Å². The molecule has 1 aliphatic rings. The van der Waals surface area contributed by atoms with Crippen LogP contribution in [0.25, 0.3) is 0 Å². The highest BCUT2D eigenvalue weighted by Gasteiger charge is 2.12. The number of hydrogen-bond donors (Lipinski definition) is 2. The highest BCUT2D eigenvalue weighted by atomic mass is 16.3. The standard InChI is InChI=1S/C18H23N3O2/c19-13-16(14-21-11-3-1-2-4-12-21)18(23)20-10-9-15-5-7-17(22)8-6-15/h5-8,14,22H,1-4,9-12H2,(H,20,23)/b16-14-. The molecule has 1 heterocycles. The lowest BCUT2D eigenvalue weighted by Gasteiger charge is -2.17. The zero-order valence-corrected chi connectivity index (χ0v) is 13.3. The van der Waals surface area contributed by atoms with Gasteiger partial charge in [0.05, 0.1) is 0 Å². The van der Waals surface area contributed by atoms with Crippen molar-refractivity contribution in [3.05, 3.63) is 41.6 Å². The molecule has 1 aliphatic heterocycles. The second kappa shape index (κ2) is 8.84. The molecule has 5 nitrogen and oxygen atoms in total. The number of amides is 1. The lowest BCUT2D eigenvalue weighted by Crippen LogP contribution is -2.28. The number of phenolic OH excluding ortho intramolecular Hbond substituents is 1. The number of nitrogens with zero attached hydrogens (tertiary/aromatic N) is 2. The van der Waals surface area contributed by atoms with Crippen molar-refractivity contribution in [1.82, 2.24) is 10.2 Å². The lowest BCUT2D eigenvalue weighted by atomic mass is 10.1. The second-order valence-corrected chi connectivity index (χ2v) is 5.78. The van der Waals surface area contributed by atoms with Crippen molar-refractivity contribution < 1.29 is 9.90 Å². The maximum atomic E-state index is 12.1. The van der Waals surface area contributed by atoms with Crippen LogP contribution in [-0.2, 0) is 11.2 Å². The fourth-order valence-electron chi connectivity index (χ4n) is 2.62. The summed E-state index contributed by atoms with van der Waals surface area (Å²) in [4.78, 5) is 14.2. The molecule has 0 saturated carbocycles. The van der Waals surface area contributed by atoms with E-state index >= 15 is 0 Å². The van der Waals surface area contributed by atoms with Gasteiger partial charge in [-0.05, 0) is 37.0 Å². The van der Waals surface area contributed by atoms with Crippen LogP contribution in [0.4, 0.5) is 0 Å². The van der Waals surface area contributed by atoms with Gasteiger partial charge >= 0.3 is 0 Å². The summed E-state index contributed by atoms with van der Waals surface area (Å²) in [7, 11) is 0. The summed E-state index contributed by atoms with van der Waals surface area (Å²) in [5.74, 6) is -0.0968. The Morgan fingerprint density at radius 1 is 1.22 bits per heavy atom. The SMILES string of the molecule is N#C/C(=C/N1CCCCCC1)C(=O)NCCc1ccc(O)cc1. The van der Waals surface area contributed by atoms with Gasteiger partial charge in [-0.2, -0.15) is 5.26 Å². The van der Waals surface area contributed by atoms with E-state index in [2.05, 4.69) is 10.2 Å². The van der Waals surface area contributed by atoms with Crippen LogP contribution in [0.2, 0.25) is 0 Å². The van der Waals surface area contributed by atoms with E-state index < -0.39 is 0 Å². The van der Waals surface area contributed by atoms with Crippen molar-refractivity contribution in [2.75, 3.05) is 19.6 Å². The van der Waals surface area contributed by atoms with E-state index in [1.807, 2.05) is 18.2 Å². The minimum absolute atomic E-state index is 0.164. The van der Waals surface area contributed by atoms with Gasteiger partial charge in [0.15, 0.2) is 0 Å². The Morgan fingerprint density at radius 2 is 1.87 bits per heavy atom. The van der Waals surface area contributed by atoms with Gasteiger partial charge in [0.2, 0.25) is 0 Å². The summed E-state index contributed by atoms with van der Waals surface area (Å²) in [6.07, 6.45) is 7.00. The number of aromatic hydroxyl groups is 1. The predicted octanol–water partition coefficient (Wildman–Crippen LogP) is 2.33. The number of likely N-dealkylation sites (tertiary alicyclic amines) is 1. The molecule has 1 saturated heterocycles. The molecule has 0 aliphatic carbocycles. The quantitative estimate of drug-likeness (QED) is 0.646. The van der Waals surface area contributed by atoms with Crippen LogP contribution in [0.3, 0.4) is 0 Å². The molecule has 23 heavy (non-hydrogen) atoms. The van der Waals surface area contributed by atoms with E-state index in [4.69, 9.17) is 0 Å². The molecular formula is C18H23N3O2. The van der Waals surface area contributed by atoms with Crippen molar-refractivity contribution in [3.63, 3.8) is 0 Å². The first kappa shape index (κ1) is 16.9. The van der Waals surface area contributed by atoms with Crippen molar-refractivity contribution in [1.29, 1.82) is 5.26 Å². The molecule has 1 aromatic rings. The Kier molecular flexibility index (Phi) is 6.49. The number of phenols is 1. The Hall–Kier alpha value is -2.48. The van der Waals surface area contributed by atoms with Crippen LogP contribution < -0.4 is 5.32 Å². The molecule has 1 amide bonds. The lowest BCUT2D eigenvalue weighted by molar-refractivity contribution is -0.117. The first-order valence-corrected chi connectivity index (χ1v) is 8.11. The van der Waals surface area contributed by atoms with E-state index in [-0.39, 0.29) is 17.2 Å². The van der Waals surface area contributed by atoms with E-state index in [9.17, 15) is 15.2 Å². The molecule has 1 aromatic carbocycles. The molecule has 0 spiro atoms. The van der Waals surface area contributed by atoms with Gasteiger partial charge in [-0.25, -0.2) is 0 Å². The van der Waals surface area contributed by atoms with Gasteiger partial charge in [0, 0.05) is 25.8 Å². The normalized spacial score (nSPS) is 15.6. The minimum atomic E-state index is -0.324. The number of hydrogen-bond acceptors (Lipinski definition) is 4. The minimum Gasteiger partial charge on any atom is -0.508 e. The summed E-state index contributed by atoms with van der Waals surface area (Å²) < 4.78 is 0. The fourth-order valence-corrected chi connectivity index (χ4v) is 2.62. The number of carbonyl (C=O) groups excluding carboxylic acids is 1. The van der Waals surface area contributed by atoms with E-state index in [1.165, 1.54) is 12.8 Å². The number of nitriles is 1. The second-order valence-electron chi connectivity index (χ2n) is 5.78. The van der Waals surface area contributed by atoms with Crippen molar-refractivity contribution in [2.24, 2.45) is 0 Å². The van der Waals surface area contributed by atoms with Crippen LogP contribution in [-0.4, -0.2) is 35.5 Å². The van der Waals surface area contributed by atoms with Crippen LogP contribution >= 0.6 is 0 Å². The highest BCUT2D eigenvalue weighted by Crippen LogP contribution is 2.12. The zero-order valence-electron chi connectivity index (χ0n) is 13.3. The Labute approximate surface area is 137 Å². The average molecular weight is 313 g/mol. The van der Waals surface area contributed by atoms with E-state index in [1.54, 1.807) is 18.3 Å². The molecule has 0 radical (unpaired) electrons. The molecule has 2 rings (SSSR count). The first-order valence-electron chi connectivity index (χ1n) is 8.11. The number of benzene rings is 1. The number of nitrogens with one attached hydrogen (secondary N) is 1. The van der Waals surface area contributed by atoms with Crippen molar-refractivity contribution >= 4 is 5.91 Å². The van der Waals surface area contributed by atoms with E-state index in [0.29, 0.717) is 13.0 Å². The average Bonchev–Trinajstić information content (AvgIpc) is 2.83. The van der Waals surface area contributed by atoms with Gasteiger partial charge < -0.3 is 15.3 Å². The predicted molar refractivity (Wildman–Crippen MR) is 88.6 cm³/mol. The maximum Gasteiger partial charge on any atom is 0.263 e. The van der Waals surface area contributed by atoms with Gasteiger partial charge in [0.1, 0.15) is 17.4 Å². The molecular weight excluding hydrogens is 290 g/mol. The van der Waals surface area contributed by atoms with Crippen LogP contribution in [0.5, 0.6) is 5.75 Å². The van der Waals surface area contributed by atoms with Crippen LogP contribution in [0.1, 0.15) is 31.2 Å². The maximum absolute atomic E-state index is 12.1. The summed E-state index contributed by atoms with van der Waals surface area (Å²) in [5, 5.41) is 21.2. The van der Waals surface area contributed by atoms with Crippen LogP contribution in [0, 0.1) is 11.3 Å². The first-order chi connectivity index (χ1) is 11.2. The van der Waals surface area contributed by atoms with Crippen molar-refractivity contribution in [2.45, 2.75) is 32.1 Å². The molecule has 0 bridgehead atoms. The van der Waals surface area contributed by atoms with Gasteiger partial charge in [-0.15, -0.1) is 0 Å². The van der Waals surface area contributed by atoms with E-state index in [0.717, 1.165) is 31.5 Å². The smallest absolute Gasteiger partial charge is 0.263 e. The molecule has 0 unspecified atom stereocenters.